The largest absolute Gasteiger partial charge is 0.463 e. The molecule has 0 amide bonds. The summed E-state index contributed by atoms with van der Waals surface area (Å²) in [6.07, 6.45) is 0. The predicted molar refractivity (Wildman–Crippen MR) is 115 cm³/mol. The minimum atomic E-state index is -0.431. The quantitative estimate of drug-likeness (QED) is 0.605. The summed E-state index contributed by atoms with van der Waals surface area (Å²) >= 11 is 9.30. The van der Waals surface area contributed by atoms with E-state index in [-0.39, 0.29) is 6.61 Å². The Labute approximate surface area is 177 Å². The van der Waals surface area contributed by atoms with Crippen LogP contribution in [0.25, 0.3) is 0 Å². The molecule has 144 valence electrons. The minimum absolute atomic E-state index is 0.284. The van der Waals surface area contributed by atoms with Crippen molar-refractivity contribution in [2.24, 2.45) is 0 Å². The van der Waals surface area contributed by atoms with Crippen LogP contribution >= 0.6 is 34.7 Å². The maximum absolute atomic E-state index is 12.6. The molecule has 1 aliphatic heterocycles. The Hall–Kier alpha value is -2.20. The zero-order valence-electron chi connectivity index (χ0n) is 15.5. The van der Waals surface area contributed by atoms with Gasteiger partial charge in [-0.25, -0.2) is 4.79 Å². The van der Waals surface area contributed by atoms with Gasteiger partial charge in [0.2, 0.25) is 0 Å². The molecule has 0 saturated carbocycles. The smallest absolute Gasteiger partial charge is 0.336 e. The molecule has 1 aromatic carbocycles. The van der Waals surface area contributed by atoms with Gasteiger partial charge in [0, 0.05) is 21.3 Å². The first-order valence-corrected chi connectivity index (χ1v) is 11.0. The summed E-state index contributed by atoms with van der Waals surface area (Å²) in [5, 5.41) is 16.6. The van der Waals surface area contributed by atoms with Crippen molar-refractivity contribution < 1.29 is 9.53 Å². The third-order valence-corrected chi connectivity index (χ3v) is 6.67. The van der Waals surface area contributed by atoms with Crippen LogP contribution in [0.15, 0.2) is 63.7 Å². The minimum Gasteiger partial charge on any atom is -0.463 e. The Bertz CT molecular complexity index is 975. The lowest BCUT2D eigenvalue weighted by molar-refractivity contribution is -0.138. The Balaban J connectivity index is 1.98. The number of allylic oxidation sites excluding steroid dienone is 2. The summed E-state index contributed by atoms with van der Waals surface area (Å²) < 4.78 is 5.26. The van der Waals surface area contributed by atoms with Crippen LogP contribution in [0, 0.1) is 11.3 Å². The molecule has 1 N–H and O–H groups in total. The molecule has 0 saturated heterocycles. The number of thioether (sulfide) groups is 1. The molecule has 0 bridgehead atoms. The molecule has 0 fully saturated rings. The molecule has 2 aromatic rings. The van der Waals surface area contributed by atoms with E-state index in [1.165, 1.54) is 23.1 Å². The number of nitrogens with zero attached hydrogens (tertiary/aromatic N) is 1. The lowest BCUT2D eigenvalue weighted by Crippen LogP contribution is -2.28. The molecule has 1 aromatic heterocycles. The maximum Gasteiger partial charge on any atom is 0.336 e. The number of dihydropyridines is 1. The molecular weight excluding hydrogens is 412 g/mol. The van der Waals surface area contributed by atoms with E-state index in [4.69, 9.17) is 16.3 Å². The van der Waals surface area contributed by atoms with E-state index in [1.807, 2.05) is 48.7 Å². The Morgan fingerprint density at radius 1 is 1.36 bits per heavy atom. The second-order valence-corrected chi connectivity index (χ2v) is 8.44. The fourth-order valence-corrected chi connectivity index (χ4v) is 5.23. The van der Waals surface area contributed by atoms with E-state index < -0.39 is 11.9 Å². The van der Waals surface area contributed by atoms with Gasteiger partial charge in [-0.3, -0.25) is 0 Å². The molecule has 0 spiro atoms. The number of carbonyl (C=O) groups excluding carboxylic acids is 1. The van der Waals surface area contributed by atoms with E-state index in [9.17, 15) is 10.1 Å². The number of hydrogen-bond acceptors (Lipinski definition) is 6. The van der Waals surface area contributed by atoms with Crippen LogP contribution in [0.1, 0.15) is 30.2 Å². The molecule has 1 aliphatic rings. The maximum atomic E-state index is 12.6. The lowest BCUT2D eigenvalue weighted by atomic mass is 9.87. The van der Waals surface area contributed by atoms with Crippen LogP contribution in [0.3, 0.4) is 0 Å². The van der Waals surface area contributed by atoms with Crippen molar-refractivity contribution in [1.29, 1.82) is 5.26 Å². The number of halogens is 1. The van der Waals surface area contributed by atoms with Crippen molar-refractivity contribution >= 4 is 40.7 Å². The zero-order chi connectivity index (χ0) is 20.1. The van der Waals surface area contributed by atoms with Gasteiger partial charge in [-0.1, -0.05) is 35.9 Å². The summed E-state index contributed by atoms with van der Waals surface area (Å²) in [5.41, 5.74) is 2.71. The van der Waals surface area contributed by atoms with E-state index in [1.54, 1.807) is 6.92 Å². The van der Waals surface area contributed by atoms with Gasteiger partial charge >= 0.3 is 5.97 Å². The number of carbonyl (C=O) groups is 1. The SMILES string of the molecule is CCOC(=O)C1=C(C)NC(SCc2ccccc2Cl)=C(C#N)[C@@H]1c1cccs1. The fourth-order valence-electron chi connectivity index (χ4n) is 3.01. The molecule has 2 heterocycles. The molecule has 7 heteroatoms. The van der Waals surface area contributed by atoms with Crippen molar-refractivity contribution in [2.75, 3.05) is 6.61 Å². The molecule has 0 radical (unpaired) electrons. The van der Waals surface area contributed by atoms with E-state index in [0.29, 0.717) is 27.6 Å². The van der Waals surface area contributed by atoms with Crippen molar-refractivity contribution in [3.63, 3.8) is 0 Å². The highest BCUT2D eigenvalue weighted by atomic mass is 35.5. The highest BCUT2D eigenvalue weighted by Gasteiger charge is 2.36. The molecular formula is C21H19ClN2O2S2. The number of esters is 1. The molecule has 0 unspecified atom stereocenters. The van der Waals surface area contributed by atoms with Crippen molar-refractivity contribution in [3.05, 3.63) is 79.1 Å². The van der Waals surface area contributed by atoms with Gasteiger partial charge in [0.1, 0.15) is 0 Å². The fraction of sp³-hybridized carbons (Fsp3) is 0.238. The summed E-state index contributed by atoms with van der Waals surface area (Å²) in [7, 11) is 0. The Morgan fingerprint density at radius 2 is 2.14 bits per heavy atom. The van der Waals surface area contributed by atoms with Gasteiger partial charge in [0.05, 0.1) is 34.8 Å². The number of nitrogens with one attached hydrogen (secondary N) is 1. The van der Waals surface area contributed by atoms with Crippen LogP contribution in [-0.4, -0.2) is 12.6 Å². The molecule has 1 atom stereocenters. The average Bonchev–Trinajstić information content (AvgIpc) is 3.21. The van der Waals surface area contributed by atoms with Crippen LogP contribution < -0.4 is 5.32 Å². The first-order chi connectivity index (χ1) is 13.6. The average molecular weight is 431 g/mol. The van der Waals surface area contributed by atoms with Crippen molar-refractivity contribution in [3.8, 4) is 6.07 Å². The Kier molecular flexibility index (Phi) is 6.84. The van der Waals surface area contributed by atoms with Gasteiger partial charge in [-0.15, -0.1) is 23.1 Å². The summed E-state index contributed by atoms with van der Waals surface area (Å²) in [4.78, 5) is 13.6. The number of ether oxygens (including phenoxy) is 1. The van der Waals surface area contributed by atoms with E-state index in [2.05, 4.69) is 11.4 Å². The molecule has 28 heavy (non-hydrogen) atoms. The first kappa shape index (κ1) is 20.5. The van der Waals surface area contributed by atoms with Gasteiger partial charge in [0.15, 0.2) is 0 Å². The molecule has 0 aliphatic carbocycles. The van der Waals surface area contributed by atoms with Gasteiger partial charge in [-0.05, 0) is 36.9 Å². The second-order valence-electron chi connectivity index (χ2n) is 6.07. The van der Waals surface area contributed by atoms with E-state index in [0.717, 1.165) is 15.5 Å². The second kappa shape index (κ2) is 9.33. The number of hydrogen-bond donors (Lipinski definition) is 1. The van der Waals surface area contributed by atoms with Crippen LogP contribution in [0.2, 0.25) is 5.02 Å². The van der Waals surface area contributed by atoms with Crippen LogP contribution in [0.4, 0.5) is 0 Å². The normalized spacial score (nSPS) is 16.6. The Morgan fingerprint density at radius 3 is 2.79 bits per heavy atom. The lowest BCUT2D eigenvalue weighted by Gasteiger charge is -2.28. The van der Waals surface area contributed by atoms with Gasteiger partial charge in [-0.2, -0.15) is 5.26 Å². The predicted octanol–water partition coefficient (Wildman–Crippen LogP) is 5.59. The number of rotatable bonds is 6. The zero-order valence-corrected chi connectivity index (χ0v) is 17.9. The molecule has 4 nitrogen and oxygen atoms in total. The monoisotopic (exact) mass is 430 g/mol. The standard InChI is InChI=1S/C21H19ClN2O2S2/c1-3-26-21(25)18-13(2)24-20(28-12-14-7-4-5-8-16(14)22)15(11-23)19(18)17-9-6-10-27-17/h4-10,19,24H,3,12H2,1-2H3/t19-/m1/s1. The summed E-state index contributed by atoms with van der Waals surface area (Å²) in [6.45, 7) is 3.90. The number of thiophene rings is 1. The topological polar surface area (TPSA) is 62.1 Å². The van der Waals surface area contributed by atoms with Crippen LogP contribution in [-0.2, 0) is 15.3 Å². The highest BCUT2D eigenvalue weighted by Crippen LogP contribution is 2.43. The van der Waals surface area contributed by atoms with Crippen molar-refractivity contribution in [2.45, 2.75) is 25.5 Å². The van der Waals surface area contributed by atoms with Crippen molar-refractivity contribution in [1.82, 2.24) is 5.32 Å². The van der Waals surface area contributed by atoms with Crippen LogP contribution in [0.5, 0.6) is 0 Å². The highest BCUT2D eigenvalue weighted by molar-refractivity contribution is 8.02. The molecule has 3 rings (SSSR count). The van der Waals surface area contributed by atoms with Gasteiger partial charge < -0.3 is 10.1 Å². The number of nitriles is 1. The first-order valence-electron chi connectivity index (χ1n) is 8.75. The third-order valence-electron chi connectivity index (χ3n) is 4.30. The summed E-state index contributed by atoms with van der Waals surface area (Å²) in [5.74, 6) is -0.209. The summed E-state index contributed by atoms with van der Waals surface area (Å²) in [6, 6.07) is 13.8. The number of benzene rings is 1. The third kappa shape index (κ3) is 4.27. The van der Waals surface area contributed by atoms with E-state index >= 15 is 0 Å². The van der Waals surface area contributed by atoms with Gasteiger partial charge in [0.25, 0.3) is 0 Å².